The zero-order valence-electron chi connectivity index (χ0n) is 11.1. The average molecular weight is 294 g/mol. The van der Waals surface area contributed by atoms with Gasteiger partial charge in [0.05, 0.1) is 24.4 Å². The van der Waals surface area contributed by atoms with Gasteiger partial charge in [-0.1, -0.05) is 12.1 Å². The van der Waals surface area contributed by atoms with E-state index in [2.05, 4.69) is 21.3 Å². The first kappa shape index (κ1) is 13.2. The highest BCUT2D eigenvalue weighted by atomic mass is 32.1. The number of ether oxygens (including phenoxy) is 1. The van der Waals surface area contributed by atoms with Crippen LogP contribution in [0.3, 0.4) is 0 Å². The molecule has 0 spiro atoms. The predicted molar refractivity (Wildman–Crippen MR) is 79.8 cm³/mol. The summed E-state index contributed by atoms with van der Waals surface area (Å²) in [6.45, 7) is 0. The summed E-state index contributed by atoms with van der Waals surface area (Å²) in [4.78, 5) is 4.55. The van der Waals surface area contributed by atoms with E-state index in [1.165, 1.54) is 11.3 Å². The molecular weight excluding hydrogens is 284 g/mol. The van der Waals surface area contributed by atoms with Gasteiger partial charge in [0, 0.05) is 17.0 Å². The summed E-state index contributed by atoms with van der Waals surface area (Å²) in [6, 6.07) is 13.0. The van der Waals surface area contributed by atoms with Gasteiger partial charge in [0.1, 0.15) is 10.7 Å². The summed E-state index contributed by atoms with van der Waals surface area (Å²) in [7, 11) is 1.55. The first-order valence-corrected chi connectivity index (χ1v) is 7.02. The van der Waals surface area contributed by atoms with E-state index in [4.69, 9.17) is 10.00 Å². The number of aromatic nitrogens is 3. The van der Waals surface area contributed by atoms with Gasteiger partial charge in [-0.15, -0.1) is 21.5 Å². The van der Waals surface area contributed by atoms with E-state index in [0.29, 0.717) is 17.1 Å². The van der Waals surface area contributed by atoms with E-state index in [1.54, 1.807) is 25.3 Å². The van der Waals surface area contributed by atoms with Crippen molar-refractivity contribution in [1.82, 2.24) is 15.2 Å². The molecule has 0 unspecified atom stereocenters. The highest BCUT2D eigenvalue weighted by Crippen LogP contribution is 2.28. The fourth-order valence-electron chi connectivity index (χ4n) is 1.78. The average Bonchev–Trinajstić information content (AvgIpc) is 3.05. The molecule has 0 saturated carbocycles. The van der Waals surface area contributed by atoms with E-state index >= 15 is 0 Å². The van der Waals surface area contributed by atoms with Crippen LogP contribution in [0, 0.1) is 11.3 Å². The standard InChI is InChI=1S/C15H10N4OS/c1-20-14-7-6-12(18-19-14)15-17-13(9-21-15)11-4-2-10(8-16)3-5-11/h2-7,9H,1H3. The summed E-state index contributed by atoms with van der Waals surface area (Å²) in [5.74, 6) is 0.475. The maximum Gasteiger partial charge on any atom is 0.233 e. The molecule has 0 atom stereocenters. The Kier molecular flexibility index (Phi) is 3.58. The van der Waals surface area contributed by atoms with Gasteiger partial charge in [-0.3, -0.25) is 0 Å². The largest absolute Gasteiger partial charge is 0.480 e. The van der Waals surface area contributed by atoms with Crippen molar-refractivity contribution in [3.8, 4) is 33.9 Å². The zero-order chi connectivity index (χ0) is 14.7. The lowest BCUT2D eigenvalue weighted by Crippen LogP contribution is -1.91. The molecule has 0 aliphatic rings. The molecule has 2 heterocycles. The van der Waals surface area contributed by atoms with Gasteiger partial charge < -0.3 is 4.74 Å². The van der Waals surface area contributed by atoms with Crippen molar-refractivity contribution in [1.29, 1.82) is 5.26 Å². The molecule has 2 aromatic heterocycles. The minimum atomic E-state index is 0.475. The molecule has 1 aromatic carbocycles. The molecule has 21 heavy (non-hydrogen) atoms. The molecule has 0 radical (unpaired) electrons. The molecule has 5 nitrogen and oxygen atoms in total. The molecule has 3 rings (SSSR count). The third-order valence-corrected chi connectivity index (χ3v) is 3.75. The van der Waals surface area contributed by atoms with Crippen LogP contribution >= 0.6 is 11.3 Å². The maximum atomic E-state index is 8.81. The lowest BCUT2D eigenvalue weighted by Gasteiger charge is -1.98. The second-order valence-electron chi connectivity index (χ2n) is 4.19. The van der Waals surface area contributed by atoms with Crippen LogP contribution < -0.4 is 4.74 Å². The third kappa shape index (κ3) is 2.73. The normalized spacial score (nSPS) is 10.1. The number of hydrogen-bond donors (Lipinski definition) is 0. The second kappa shape index (κ2) is 5.69. The Labute approximate surface area is 125 Å². The Bertz CT molecular complexity index is 788. The van der Waals surface area contributed by atoms with Crippen molar-refractivity contribution in [2.24, 2.45) is 0 Å². The van der Waals surface area contributed by atoms with Crippen molar-refractivity contribution in [3.63, 3.8) is 0 Å². The Morgan fingerprint density at radius 2 is 1.86 bits per heavy atom. The molecule has 0 aliphatic carbocycles. The smallest absolute Gasteiger partial charge is 0.233 e. The molecule has 3 aromatic rings. The lowest BCUT2D eigenvalue weighted by atomic mass is 10.1. The van der Waals surface area contributed by atoms with Crippen LogP contribution in [-0.2, 0) is 0 Å². The van der Waals surface area contributed by atoms with Crippen molar-refractivity contribution in [2.75, 3.05) is 7.11 Å². The van der Waals surface area contributed by atoms with Gasteiger partial charge in [-0.05, 0) is 18.2 Å². The molecule has 0 bridgehead atoms. The van der Waals surface area contributed by atoms with Crippen LogP contribution in [0.1, 0.15) is 5.56 Å². The van der Waals surface area contributed by atoms with Gasteiger partial charge in [-0.25, -0.2) is 4.98 Å². The van der Waals surface area contributed by atoms with Crippen LogP contribution in [0.4, 0.5) is 0 Å². The molecule has 0 saturated heterocycles. The van der Waals surface area contributed by atoms with Gasteiger partial charge in [0.2, 0.25) is 5.88 Å². The molecular formula is C15H10N4OS. The highest BCUT2D eigenvalue weighted by Gasteiger charge is 2.08. The summed E-state index contributed by atoms with van der Waals surface area (Å²) in [5, 5.41) is 19.6. The molecule has 0 fully saturated rings. The fourth-order valence-corrected chi connectivity index (χ4v) is 2.58. The zero-order valence-corrected chi connectivity index (χ0v) is 12.0. The van der Waals surface area contributed by atoms with Crippen molar-refractivity contribution < 1.29 is 4.74 Å². The highest BCUT2D eigenvalue weighted by molar-refractivity contribution is 7.13. The molecule has 0 amide bonds. The Hall–Kier alpha value is -2.78. The van der Waals surface area contributed by atoms with E-state index in [1.807, 2.05) is 23.6 Å². The van der Waals surface area contributed by atoms with Crippen molar-refractivity contribution >= 4 is 11.3 Å². The minimum absolute atomic E-state index is 0.475. The summed E-state index contributed by atoms with van der Waals surface area (Å²) < 4.78 is 4.98. The van der Waals surface area contributed by atoms with Gasteiger partial charge in [-0.2, -0.15) is 5.26 Å². The SMILES string of the molecule is COc1ccc(-c2nc(-c3ccc(C#N)cc3)cs2)nn1. The van der Waals surface area contributed by atoms with E-state index in [0.717, 1.165) is 16.3 Å². The monoisotopic (exact) mass is 294 g/mol. The number of thiazole rings is 1. The number of rotatable bonds is 3. The third-order valence-electron chi connectivity index (χ3n) is 2.88. The van der Waals surface area contributed by atoms with E-state index < -0.39 is 0 Å². The van der Waals surface area contributed by atoms with Crippen LogP contribution in [0.25, 0.3) is 22.0 Å². The Balaban J connectivity index is 1.89. The molecule has 102 valence electrons. The lowest BCUT2D eigenvalue weighted by molar-refractivity contribution is 0.392. The summed E-state index contributed by atoms with van der Waals surface area (Å²) in [6.07, 6.45) is 0. The predicted octanol–water partition coefficient (Wildman–Crippen LogP) is 3.15. The van der Waals surface area contributed by atoms with Crippen LogP contribution in [0.2, 0.25) is 0 Å². The van der Waals surface area contributed by atoms with Gasteiger partial charge in [0.15, 0.2) is 0 Å². The van der Waals surface area contributed by atoms with E-state index in [-0.39, 0.29) is 0 Å². The summed E-state index contributed by atoms with van der Waals surface area (Å²) >= 11 is 1.50. The first-order valence-electron chi connectivity index (χ1n) is 6.14. The van der Waals surface area contributed by atoms with Gasteiger partial charge >= 0.3 is 0 Å². The Morgan fingerprint density at radius 3 is 2.48 bits per heavy atom. The molecule has 0 aliphatic heterocycles. The maximum absolute atomic E-state index is 8.81. The second-order valence-corrected chi connectivity index (χ2v) is 5.05. The number of methoxy groups -OCH3 is 1. The quantitative estimate of drug-likeness (QED) is 0.742. The number of hydrogen-bond acceptors (Lipinski definition) is 6. The molecule has 6 heteroatoms. The van der Waals surface area contributed by atoms with E-state index in [9.17, 15) is 0 Å². The number of benzene rings is 1. The number of nitriles is 1. The molecule has 0 N–H and O–H groups in total. The van der Waals surface area contributed by atoms with Crippen LogP contribution in [-0.4, -0.2) is 22.3 Å². The Morgan fingerprint density at radius 1 is 1.05 bits per heavy atom. The van der Waals surface area contributed by atoms with Crippen molar-refractivity contribution in [2.45, 2.75) is 0 Å². The van der Waals surface area contributed by atoms with Crippen LogP contribution in [0.5, 0.6) is 5.88 Å². The van der Waals surface area contributed by atoms with Crippen LogP contribution in [0.15, 0.2) is 41.8 Å². The number of nitrogens with zero attached hydrogens (tertiary/aromatic N) is 4. The topological polar surface area (TPSA) is 71.7 Å². The first-order chi connectivity index (χ1) is 10.3. The summed E-state index contributed by atoms with van der Waals surface area (Å²) in [5.41, 5.74) is 3.17. The minimum Gasteiger partial charge on any atom is -0.480 e. The fraction of sp³-hybridized carbons (Fsp3) is 0.0667. The van der Waals surface area contributed by atoms with Crippen molar-refractivity contribution in [3.05, 3.63) is 47.3 Å². The van der Waals surface area contributed by atoms with Gasteiger partial charge in [0.25, 0.3) is 0 Å².